The zero-order valence-corrected chi connectivity index (χ0v) is 7.79. The summed E-state index contributed by atoms with van der Waals surface area (Å²) in [6.07, 6.45) is 6.17. The van der Waals surface area contributed by atoms with Gasteiger partial charge in [0.1, 0.15) is 0 Å². The summed E-state index contributed by atoms with van der Waals surface area (Å²) < 4.78 is 9.94. The van der Waals surface area contributed by atoms with E-state index in [1.54, 1.807) is 13.0 Å². The van der Waals surface area contributed by atoms with E-state index in [2.05, 4.69) is 6.08 Å². The van der Waals surface area contributed by atoms with E-state index in [0.29, 0.717) is 13.2 Å². The molecular weight excluding hydrogens is 168 g/mol. The second-order valence-corrected chi connectivity index (χ2v) is 2.71. The summed E-state index contributed by atoms with van der Waals surface area (Å²) in [7, 11) is 0. The van der Waals surface area contributed by atoms with Crippen molar-refractivity contribution in [1.82, 2.24) is 0 Å². The van der Waals surface area contributed by atoms with Crippen molar-refractivity contribution in [2.45, 2.75) is 13.3 Å². The molecule has 0 fully saturated rings. The number of carbonyl (C=O) groups is 1. The van der Waals surface area contributed by atoms with E-state index in [-0.39, 0.29) is 5.97 Å². The van der Waals surface area contributed by atoms with Crippen molar-refractivity contribution in [3.8, 4) is 0 Å². The molecule has 0 spiro atoms. The second kappa shape index (κ2) is 5.54. The Morgan fingerprint density at radius 2 is 2.62 bits per heavy atom. The molecule has 1 rings (SSSR count). The van der Waals surface area contributed by atoms with E-state index < -0.39 is 0 Å². The molecule has 1 aliphatic heterocycles. The van der Waals surface area contributed by atoms with E-state index in [4.69, 9.17) is 9.47 Å². The van der Waals surface area contributed by atoms with Crippen molar-refractivity contribution in [3.05, 3.63) is 23.8 Å². The van der Waals surface area contributed by atoms with E-state index in [9.17, 15) is 4.79 Å². The SMILES string of the molecule is CCOC(=O)C=CC1=CCCOC1. The zero-order chi connectivity index (χ0) is 9.52. The standard InChI is InChI=1S/C10H14O3/c1-2-13-10(11)6-5-9-4-3-7-12-8-9/h4-6H,2-3,7-8H2,1H3. The summed E-state index contributed by atoms with van der Waals surface area (Å²) >= 11 is 0. The van der Waals surface area contributed by atoms with Crippen LogP contribution in [-0.2, 0) is 14.3 Å². The molecule has 0 aliphatic carbocycles. The maximum atomic E-state index is 10.9. The largest absolute Gasteiger partial charge is 0.463 e. The number of hydrogen-bond acceptors (Lipinski definition) is 3. The molecule has 0 aromatic carbocycles. The van der Waals surface area contributed by atoms with Gasteiger partial charge in [0.05, 0.1) is 19.8 Å². The van der Waals surface area contributed by atoms with Gasteiger partial charge < -0.3 is 9.47 Å². The van der Waals surface area contributed by atoms with Crippen LogP contribution in [0.1, 0.15) is 13.3 Å². The zero-order valence-electron chi connectivity index (χ0n) is 7.79. The van der Waals surface area contributed by atoms with Crippen LogP contribution in [0.25, 0.3) is 0 Å². The molecule has 3 nitrogen and oxygen atoms in total. The van der Waals surface area contributed by atoms with Gasteiger partial charge in [-0.1, -0.05) is 6.08 Å². The average molecular weight is 182 g/mol. The molecule has 0 N–H and O–H groups in total. The molecule has 0 saturated heterocycles. The average Bonchev–Trinajstić information content (AvgIpc) is 2.17. The summed E-state index contributed by atoms with van der Waals surface area (Å²) in [5, 5.41) is 0. The van der Waals surface area contributed by atoms with Crippen molar-refractivity contribution >= 4 is 5.97 Å². The van der Waals surface area contributed by atoms with Crippen molar-refractivity contribution < 1.29 is 14.3 Å². The van der Waals surface area contributed by atoms with Gasteiger partial charge in [-0.25, -0.2) is 4.79 Å². The van der Waals surface area contributed by atoms with Crippen LogP contribution < -0.4 is 0 Å². The first kappa shape index (κ1) is 9.99. The normalized spacial score (nSPS) is 17.2. The molecule has 1 aliphatic rings. The number of rotatable bonds is 3. The molecule has 72 valence electrons. The third-order valence-corrected chi connectivity index (χ3v) is 1.66. The topological polar surface area (TPSA) is 35.5 Å². The van der Waals surface area contributed by atoms with Crippen LogP contribution in [0.15, 0.2) is 23.8 Å². The molecule has 13 heavy (non-hydrogen) atoms. The van der Waals surface area contributed by atoms with Crippen molar-refractivity contribution in [1.29, 1.82) is 0 Å². The van der Waals surface area contributed by atoms with Crippen LogP contribution in [0, 0.1) is 0 Å². The van der Waals surface area contributed by atoms with Crippen LogP contribution in [0.2, 0.25) is 0 Å². The third-order valence-electron chi connectivity index (χ3n) is 1.66. The third kappa shape index (κ3) is 3.90. The quantitative estimate of drug-likeness (QED) is 0.489. The lowest BCUT2D eigenvalue weighted by Gasteiger charge is -2.09. The lowest BCUT2D eigenvalue weighted by Crippen LogP contribution is -2.05. The minimum absolute atomic E-state index is 0.297. The highest BCUT2D eigenvalue weighted by Crippen LogP contribution is 2.06. The summed E-state index contributed by atoms with van der Waals surface area (Å²) in [6.45, 7) is 3.57. The molecule has 0 unspecified atom stereocenters. The first-order valence-corrected chi connectivity index (χ1v) is 4.44. The summed E-state index contributed by atoms with van der Waals surface area (Å²) in [4.78, 5) is 10.9. The molecule has 0 saturated carbocycles. The Bertz CT molecular complexity index is 228. The van der Waals surface area contributed by atoms with Gasteiger partial charge in [-0.05, 0) is 25.0 Å². The maximum absolute atomic E-state index is 10.9. The van der Waals surface area contributed by atoms with Gasteiger partial charge in [-0.3, -0.25) is 0 Å². The Morgan fingerprint density at radius 1 is 1.77 bits per heavy atom. The van der Waals surface area contributed by atoms with E-state index in [0.717, 1.165) is 18.6 Å². The Hall–Kier alpha value is -1.09. The molecule has 0 amide bonds. The Morgan fingerprint density at radius 3 is 3.23 bits per heavy atom. The minimum Gasteiger partial charge on any atom is -0.463 e. The van der Waals surface area contributed by atoms with Crippen molar-refractivity contribution in [3.63, 3.8) is 0 Å². The number of hydrogen-bond donors (Lipinski definition) is 0. The maximum Gasteiger partial charge on any atom is 0.330 e. The molecule has 0 radical (unpaired) electrons. The van der Waals surface area contributed by atoms with E-state index in [1.165, 1.54) is 6.08 Å². The first-order chi connectivity index (χ1) is 6.33. The molecule has 0 atom stereocenters. The van der Waals surface area contributed by atoms with Gasteiger partial charge in [-0.2, -0.15) is 0 Å². The predicted molar refractivity (Wildman–Crippen MR) is 49.3 cm³/mol. The Balaban J connectivity index is 2.37. The molecule has 0 aromatic rings. The van der Waals surface area contributed by atoms with E-state index >= 15 is 0 Å². The number of ether oxygens (including phenoxy) is 2. The van der Waals surface area contributed by atoms with Gasteiger partial charge in [0.15, 0.2) is 0 Å². The minimum atomic E-state index is -0.297. The second-order valence-electron chi connectivity index (χ2n) is 2.71. The van der Waals surface area contributed by atoms with Crippen LogP contribution >= 0.6 is 0 Å². The van der Waals surface area contributed by atoms with Gasteiger partial charge in [0, 0.05) is 6.08 Å². The Kier molecular flexibility index (Phi) is 4.26. The molecule has 3 heteroatoms. The monoisotopic (exact) mass is 182 g/mol. The van der Waals surface area contributed by atoms with Gasteiger partial charge in [0.2, 0.25) is 0 Å². The Labute approximate surface area is 78.0 Å². The highest BCUT2D eigenvalue weighted by Gasteiger charge is 2.00. The predicted octanol–water partition coefficient (Wildman–Crippen LogP) is 1.45. The molecule has 0 aromatic heterocycles. The lowest BCUT2D eigenvalue weighted by molar-refractivity contribution is -0.137. The molecular formula is C10H14O3. The van der Waals surface area contributed by atoms with Gasteiger partial charge in [-0.15, -0.1) is 0 Å². The highest BCUT2D eigenvalue weighted by molar-refractivity contribution is 5.82. The first-order valence-electron chi connectivity index (χ1n) is 4.44. The molecule has 0 bridgehead atoms. The lowest BCUT2D eigenvalue weighted by atomic mass is 10.2. The fraction of sp³-hybridized carbons (Fsp3) is 0.500. The van der Waals surface area contributed by atoms with Crippen molar-refractivity contribution in [2.24, 2.45) is 0 Å². The van der Waals surface area contributed by atoms with Crippen LogP contribution in [0.5, 0.6) is 0 Å². The van der Waals surface area contributed by atoms with Gasteiger partial charge in [0.25, 0.3) is 0 Å². The number of carbonyl (C=O) groups excluding carboxylic acids is 1. The van der Waals surface area contributed by atoms with Crippen molar-refractivity contribution in [2.75, 3.05) is 19.8 Å². The van der Waals surface area contributed by atoms with Gasteiger partial charge >= 0.3 is 5.97 Å². The summed E-state index contributed by atoms with van der Waals surface area (Å²) in [5.41, 5.74) is 1.04. The fourth-order valence-corrected chi connectivity index (χ4v) is 1.06. The molecule has 1 heterocycles. The number of esters is 1. The summed E-state index contributed by atoms with van der Waals surface area (Å²) in [6, 6.07) is 0. The fourth-order valence-electron chi connectivity index (χ4n) is 1.06. The van der Waals surface area contributed by atoms with Crippen LogP contribution in [0.4, 0.5) is 0 Å². The smallest absolute Gasteiger partial charge is 0.330 e. The highest BCUT2D eigenvalue weighted by atomic mass is 16.5. The van der Waals surface area contributed by atoms with Crippen LogP contribution in [0.3, 0.4) is 0 Å². The van der Waals surface area contributed by atoms with Crippen LogP contribution in [-0.4, -0.2) is 25.8 Å². The van der Waals surface area contributed by atoms with E-state index in [1.807, 2.05) is 0 Å². The summed E-state index contributed by atoms with van der Waals surface area (Å²) in [5.74, 6) is -0.297.